The lowest BCUT2D eigenvalue weighted by Gasteiger charge is -2.29. The normalized spacial score (nSPS) is 20.9. The number of halogens is 3. The standard InChI is InChI=1S/C24H23F3N4O3/c1-22(2)20(33)31(16-5-3-15(4-6-16)23(10-11-23)24(25,26)27)21(34)30(22)13-14-9-12-28-19-17(14)7-8-18(32)29-19/h3-6,9,12H,7-8,10-11,13H2,1-2H3,(H,28,29,32). The molecule has 3 aliphatic rings. The van der Waals surface area contributed by atoms with E-state index in [0.29, 0.717) is 18.7 Å². The van der Waals surface area contributed by atoms with Gasteiger partial charge in [0.05, 0.1) is 11.1 Å². The molecule has 3 heterocycles. The summed E-state index contributed by atoms with van der Waals surface area (Å²) in [6, 6.07) is 6.72. The summed E-state index contributed by atoms with van der Waals surface area (Å²) in [6.45, 7) is 3.41. The summed E-state index contributed by atoms with van der Waals surface area (Å²) in [5, 5.41) is 2.72. The van der Waals surface area contributed by atoms with Gasteiger partial charge in [0.25, 0.3) is 5.91 Å². The number of alkyl halides is 3. The van der Waals surface area contributed by atoms with Crippen molar-refractivity contribution in [3.8, 4) is 0 Å². The van der Waals surface area contributed by atoms with Crippen molar-refractivity contribution in [1.29, 1.82) is 0 Å². The van der Waals surface area contributed by atoms with Gasteiger partial charge < -0.3 is 10.2 Å². The molecule has 10 heteroatoms. The molecule has 1 saturated carbocycles. The molecular formula is C24H23F3N4O3. The molecular weight excluding hydrogens is 449 g/mol. The Hall–Kier alpha value is -3.43. The van der Waals surface area contributed by atoms with Gasteiger partial charge in [-0.15, -0.1) is 0 Å². The van der Waals surface area contributed by atoms with Crippen LogP contribution in [0.2, 0.25) is 0 Å². The highest BCUT2D eigenvalue weighted by Crippen LogP contribution is 2.59. The van der Waals surface area contributed by atoms with Crippen molar-refractivity contribution in [2.75, 3.05) is 10.2 Å². The third kappa shape index (κ3) is 3.26. The zero-order valence-corrected chi connectivity index (χ0v) is 18.7. The number of benzene rings is 1. The number of urea groups is 1. The number of fused-ring (bicyclic) bond motifs is 1. The molecule has 1 aliphatic carbocycles. The maximum atomic E-state index is 13.5. The van der Waals surface area contributed by atoms with Crippen LogP contribution in [0.3, 0.4) is 0 Å². The smallest absolute Gasteiger partial charge is 0.310 e. The number of carbonyl (C=O) groups excluding carboxylic acids is 3. The fourth-order valence-electron chi connectivity index (χ4n) is 4.79. The Morgan fingerprint density at radius 2 is 1.71 bits per heavy atom. The van der Waals surface area contributed by atoms with E-state index in [0.717, 1.165) is 16.0 Å². The van der Waals surface area contributed by atoms with Gasteiger partial charge in [-0.05, 0) is 62.4 Å². The van der Waals surface area contributed by atoms with Gasteiger partial charge in [0.1, 0.15) is 11.4 Å². The Kier molecular flexibility index (Phi) is 4.79. The highest BCUT2D eigenvalue weighted by atomic mass is 19.4. The lowest BCUT2D eigenvalue weighted by molar-refractivity contribution is -0.160. The van der Waals surface area contributed by atoms with Crippen molar-refractivity contribution in [1.82, 2.24) is 9.88 Å². The van der Waals surface area contributed by atoms with Crippen LogP contribution in [-0.4, -0.2) is 39.4 Å². The van der Waals surface area contributed by atoms with E-state index in [2.05, 4.69) is 10.3 Å². The highest BCUT2D eigenvalue weighted by Gasteiger charge is 2.64. The number of anilines is 2. The van der Waals surface area contributed by atoms with Crippen molar-refractivity contribution in [2.45, 2.75) is 63.2 Å². The molecule has 1 saturated heterocycles. The van der Waals surface area contributed by atoms with E-state index in [4.69, 9.17) is 0 Å². The van der Waals surface area contributed by atoms with Crippen molar-refractivity contribution in [3.05, 3.63) is 53.2 Å². The summed E-state index contributed by atoms with van der Waals surface area (Å²) in [5.41, 5.74) is -1.03. The van der Waals surface area contributed by atoms with Crippen LogP contribution in [0, 0.1) is 0 Å². The molecule has 0 spiro atoms. The minimum absolute atomic E-state index is 0.0366. The van der Waals surface area contributed by atoms with Gasteiger partial charge in [0.2, 0.25) is 5.91 Å². The number of amides is 4. The minimum Gasteiger partial charge on any atom is -0.310 e. The SMILES string of the molecule is CC1(C)C(=O)N(c2ccc(C3(C(F)(F)F)CC3)cc2)C(=O)N1Cc1ccnc2c1CCC(=O)N2. The zero-order chi connectivity index (χ0) is 24.5. The Labute approximate surface area is 193 Å². The number of carbonyl (C=O) groups is 3. The van der Waals surface area contributed by atoms with Crippen LogP contribution in [0.15, 0.2) is 36.5 Å². The molecule has 34 heavy (non-hydrogen) atoms. The second-order valence-electron chi connectivity index (χ2n) is 9.54. The van der Waals surface area contributed by atoms with E-state index in [1.807, 2.05) is 0 Å². The Morgan fingerprint density at radius 3 is 2.32 bits per heavy atom. The minimum atomic E-state index is -4.34. The first-order valence-corrected chi connectivity index (χ1v) is 11.1. The predicted molar refractivity (Wildman–Crippen MR) is 117 cm³/mol. The first-order chi connectivity index (χ1) is 16.0. The van der Waals surface area contributed by atoms with Crippen molar-refractivity contribution >= 4 is 29.4 Å². The van der Waals surface area contributed by atoms with Crippen molar-refractivity contribution in [2.24, 2.45) is 0 Å². The largest absolute Gasteiger partial charge is 0.398 e. The number of nitrogens with one attached hydrogen (secondary N) is 1. The molecule has 0 atom stereocenters. The molecule has 0 radical (unpaired) electrons. The molecule has 1 aromatic carbocycles. The van der Waals surface area contributed by atoms with E-state index < -0.39 is 29.1 Å². The predicted octanol–water partition coefficient (Wildman–Crippen LogP) is 4.31. The van der Waals surface area contributed by atoms with E-state index in [1.54, 1.807) is 26.1 Å². The Morgan fingerprint density at radius 1 is 1.03 bits per heavy atom. The number of hydrogen-bond acceptors (Lipinski definition) is 4. The van der Waals surface area contributed by atoms with Gasteiger partial charge in [-0.2, -0.15) is 13.2 Å². The molecule has 0 bridgehead atoms. The fraction of sp³-hybridized carbons (Fsp3) is 0.417. The van der Waals surface area contributed by atoms with E-state index in [-0.39, 0.29) is 36.5 Å². The molecule has 2 aliphatic heterocycles. The van der Waals surface area contributed by atoms with Gasteiger partial charge in [0.15, 0.2) is 0 Å². The van der Waals surface area contributed by atoms with Crippen molar-refractivity contribution < 1.29 is 27.6 Å². The topological polar surface area (TPSA) is 82.6 Å². The summed E-state index contributed by atoms with van der Waals surface area (Å²) < 4.78 is 40.4. The maximum Gasteiger partial charge on any atom is 0.398 e. The summed E-state index contributed by atoms with van der Waals surface area (Å²) in [7, 11) is 0. The van der Waals surface area contributed by atoms with E-state index in [9.17, 15) is 27.6 Å². The summed E-state index contributed by atoms with van der Waals surface area (Å²) in [4.78, 5) is 45.0. The lowest BCUT2D eigenvalue weighted by Crippen LogP contribution is -2.44. The van der Waals surface area contributed by atoms with Crippen LogP contribution in [0.4, 0.5) is 29.5 Å². The number of nitrogens with zero attached hydrogens (tertiary/aromatic N) is 3. The molecule has 7 nitrogen and oxygen atoms in total. The highest BCUT2D eigenvalue weighted by molar-refractivity contribution is 6.22. The number of imide groups is 1. The number of rotatable bonds is 4. The van der Waals surface area contributed by atoms with Gasteiger partial charge in [0, 0.05) is 24.7 Å². The number of pyridine rings is 1. The quantitative estimate of drug-likeness (QED) is 0.673. The van der Waals surface area contributed by atoms with E-state index >= 15 is 0 Å². The van der Waals surface area contributed by atoms with Gasteiger partial charge in [-0.1, -0.05) is 12.1 Å². The molecule has 5 rings (SSSR count). The van der Waals surface area contributed by atoms with Crippen LogP contribution in [0.25, 0.3) is 0 Å². The van der Waals surface area contributed by atoms with Crippen LogP contribution in [0.5, 0.6) is 0 Å². The second kappa shape index (κ2) is 7.28. The average Bonchev–Trinajstić information content (AvgIpc) is 3.57. The van der Waals surface area contributed by atoms with Gasteiger partial charge in [-0.3, -0.25) is 9.59 Å². The van der Waals surface area contributed by atoms with Gasteiger partial charge in [-0.25, -0.2) is 14.7 Å². The Bertz CT molecular complexity index is 1200. The second-order valence-corrected chi connectivity index (χ2v) is 9.54. The van der Waals surface area contributed by atoms with Gasteiger partial charge >= 0.3 is 12.2 Å². The molecule has 1 N–H and O–H groups in total. The van der Waals surface area contributed by atoms with Crippen LogP contribution in [0.1, 0.15) is 49.8 Å². The van der Waals surface area contributed by atoms with Crippen LogP contribution >= 0.6 is 0 Å². The summed E-state index contributed by atoms with van der Waals surface area (Å²) in [6.07, 6.45) is -1.94. The third-order valence-electron chi connectivity index (χ3n) is 7.14. The molecule has 4 amide bonds. The van der Waals surface area contributed by atoms with Crippen LogP contribution < -0.4 is 10.2 Å². The summed E-state index contributed by atoms with van der Waals surface area (Å²) >= 11 is 0. The first-order valence-electron chi connectivity index (χ1n) is 11.1. The number of hydrogen-bond donors (Lipinski definition) is 1. The first kappa shape index (κ1) is 22.4. The molecule has 0 unspecified atom stereocenters. The molecule has 2 aromatic rings. The molecule has 178 valence electrons. The fourth-order valence-corrected chi connectivity index (χ4v) is 4.79. The maximum absolute atomic E-state index is 13.5. The molecule has 2 fully saturated rings. The lowest BCUT2D eigenvalue weighted by atomic mass is 9.95. The Balaban J connectivity index is 1.43. The molecule has 1 aromatic heterocycles. The van der Waals surface area contributed by atoms with Crippen LogP contribution in [-0.2, 0) is 28.0 Å². The van der Waals surface area contributed by atoms with Crippen molar-refractivity contribution in [3.63, 3.8) is 0 Å². The monoisotopic (exact) mass is 472 g/mol. The number of aromatic nitrogens is 1. The van der Waals surface area contributed by atoms with E-state index in [1.165, 1.54) is 29.2 Å². The third-order valence-corrected chi connectivity index (χ3v) is 7.14. The average molecular weight is 472 g/mol. The summed E-state index contributed by atoms with van der Waals surface area (Å²) in [5.74, 6) is -0.132. The zero-order valence-electron chi connectivity index (χ0n) is 18.7.